The quantitative estimate of drug-likeness (QED) is 0.567. The van der Waals surface area contributed by atoms with Crippen molar-refractivity contribution in [3.8, 4) is 5.75 Å². The van der Waals surface area contributed by atoms with Gasteiger partial charge < -0.3 is 14.4 Å². The number of hydrogen-bond acceptors (Lipinski definition) is 6. The highest BCUT2D eigenvalue weighted by molar-refractivity contribution is 6.05. The van der Waals surface area contributed by atoms with Gasteiger partial charge in [-0.05, 0) is 49.4 Å². The summed E-state index contributed by atoms with van der Waals surface area (Å²) in [5.74, 6) is -0.0245. The van der Waals surface area contributed by atoms with Gasteiger partial charge in [0.05, 0.1) is 13.2 Å². The lowest BCUT2D eigenvalue weighted by Crippen LogP contribution is -2.52. The fourth-order valence-electron chi connectivity index (χ4n) is 5.52. The third kappa shape index (κ3) is 4.26. The summed E-state index contributed by atoms with van der Waals surface area (Å²) in [6.07, 6.45) is 6.54. The Kier molecular flexibility index (Phi) is 6.15. The SMILES string of the molecule is O=C1CCC(N2Cc3cc(OC4CCCCCC4N4CCOCC4)ccc3C2=O)C(=O)N1. The maximum Gasteiger partial charge on any atom is 0.255 e. The van der Waals surface area contributed by atoms with E-state index in [1.54, 1.807) is 4.90 Å². The van der Waals surface area contributed by atoms with Crippen LogP contribution in [0.1, 0.15) is 60.9 Å². The Hall–Kier alpha value is -2.45. The standard InChI is InChI=1S/C24H31N3O5/c28-22-9-8-20(23(29)25-22)27-15-16-14-17(6-7-18(16)24(27)30)32-21-5-3-1-2-4-19(21)26-10-12-31-13-11-26/h6-7,14,19-21H,1-5,8-13,15H2,(H,25,28,29). The van der Waals surface area contributed by atoms with Crippen LogP contribution in [0.5, 0.6) is 5.75 Å². The monoisotopic (exact) mass is 441 g/mol. The Morgan fingerprint density at radius 1 is 1.00 bits per heavy atom. The molecule has 3 aliphatic heterocycles. The number of hydrogen-bond donors (Lipinski definition) is 1. The van der Waals surface area contributed by atoms with E-state index in [2.05, 4.69) is 10.2 Å². The molecular formula is C24H31N3O5. The summed E-state index contributed by atoms with van der Waals surface area (Å²) in [6, 6.07) is 5.45. The van der Waals surface area contributed by atoms with E-state index in [1.807, 2.05) is 18.2 Å². The summed E-state index contributed by atoms with van der Waals surface area (Å²) in [5.41, 5.74) is 1.50. The van der Waals surface area contributed by atoms with Crippen molar-refractivity contribution in [2.75, 3.05) is 26.3 Å². The number of nitrogens with one attached hydrogen (secondary N) is 1. The number of imide groups is 1. The van der Waals surface area contributed by atoms with Crippen LogP contribution in [0.3, 0.4) is 0 Å². The molecule has 0 spiro atoms. The minimum atomic E-state index is -0.593. The maximum atomic E-state index is 12.9. The predicted molar refractivity (Wildman–Crippen MR) is 116 cm³/mol. The van der Waals surface area contributed by atoms with Crippen LogP contribution in [0.2, 0.25) is 0 Å². The summed E-state index contributed by atoms with van der Waals surface area (Å²) < 4.78 is 12.1. The van der Waals surface area contributed by atoms with Crippen LogP contribution in [0.25, 0.3) is 0 Å². The number of benzene rings is 1. The molecule has 0 bridgehead atoms. The molecule has 3 fully saturated rings. The molecule has 1 saturated carbocycles. The van der Waals surface area contributed by atoms with E-state index in [0.717, 1.165) is 56.9 Å². The molecule has 1 aromatic carbocycles. The van der Waals surface area contributed by atoms with Crippen LogP contribution < -0.4 is 10.1 Å². The Labute approximate surface area is 188 Å². The normalized spacial score (nSPS) is 29.4. The number of nitrogens with zero attached hydrogens (tertiary/aromatic N) is 2. The second-order valence-electron chi connectivity index (χ2n) is 9.23. The van der Waals surface area contributed by atoms with E-state index in [9.17, 15) is 14.4 Å². The Morgan fingerprint density at radius 2 is 1.81 bits per heavy atom. The first kappa shape index (κ1) is 21.4. The predicted octanol–water partition coefficient (Wildman–Crippen LogP) is 1.86. The molecule has 1 N–H and O–H groups in total. The van der Waals surface area contributed by atoms with Gasteiger partial charge in [0.2, 0.25) is 11.8 Å². The van der Waals surface area contributed by atoms with Crippen LogP contribution in [0, 0.1) is 0 Å². The Bertz CT molecular complexity index is 898. The van der Waals surface area contributed by atoms with Crippen molar-refractivity contribution in [3.63, 3.8) is 0 Å². The maximum absolute atomic E-state index is 12.9. The summed E-state index contributed by atoms with van der Waals surface area (Å²) in [7, 11) is 0. The van der Waals surface area contributed by atoms with Gasteiger partial charge in [-0.15, -0.1) is 0 Å². The molecule has 0 aromatic heterocycles. The van der Waals surface area contributed by atoms with E-state index < -0.39 is 6.04 Å². The number of ether oxygens (including phenoxy) is 2. The third-order valence-corrected chi connectivity index (χ3v) is 7.21. The minimum Gasteiger partial charge on any atom is -0.489 e. The molecule has 3 amide bonds. The van der Waals surface area contributed by atoms with Gasteiger partial charge in [-0.25, -0.2) is 0 Å². The molecule has 2 saturated heterocycles. The van der Waals surface area contributed by atoms with E-state index in [4.69, 9.17) is 9.47 Å². The summed E-state index contributed by atoms with van der Waals surface area (Å²) in [6.45, 7) is 3.82. The summed E-state index contributed by atoms with van der Waals surface area (Å²) >= 11 is 0. The van der Waals surface area contributed by atoms with Crippen molar-refractivity contribution in [1.82, 2.24) is 15.1 Å². The first-order valence-electron chi connectivity index (χ1n) is 11.9. The molecule has 0 radical (unpaired) electrons. The number of amides is 3. The van der Waals surface area contributed by atoms with Gasteiger partial charge in [0.1, 0.15) is 17.9 Å². The number of carbonyl (C=O) groups excluding carboxylic acids is 3. The van der Waals surface area contributed by atoms with Gasteiger partial charge in [-0.2, -0.15) is 0 Å². The molecule has 32 heavy (non-hydrogen) atoms. The lowest BCUT2D eigenvalue weighted by molar-refractivity contribution is -0.136. The largest absolute Gasteiger partial charge is 0.489 e. The molecule has 8 heteroatoms. The average molecular weight is 442 g/mol. The molecular weight excluding hydrogens is 410 g/mol. The molecule has 4 aliphatic rings. The Morgan fingerprint density at radius 3 is 2.62 bits per heavy atom. The first-order valence-corrected chi connectivity index (χ1v) is 11.9. The van der Waals surface area contributed by atoms with Crippen molar-refractivity contribution >= 4 is 17.7 Å². The second-order valence-corrected chi connectivity index (χ2v) is 9.23. The number of carbonyl (C=O) groups is 3. The number of piperidine rings is 1. The molecule has 1 aliphatic carbocycles. The molecule has 5 rings (SSSR count). The lowest BCUT2D eigenvalue weighted by Gasteiger charge is -2.38. The number of morpholine rings is 1. The van der Waals surface area contributed by atoms with Crippen LogP contribution in [0.15, 0.2) is 18.2 Å². The zero-order valence-corrected chi connectivity index (χ0v) is 18.4. The van der Waals surface area contributed by atoms with Crippen molar-refractivity contribution in [1.29, 1.82) is 0 Å². The highest BCUT2D eigenvalue weighted by Crippen LogP contribution is 2.32. The highest BCUT2D eigenvalue weighted by Gasteiger charge is 2.39. The zero-order valence-electron chi connectivity index (χ0n) is 18.4. The highest BCUT2D eigenvalue weighted by atomic mass is 16.5. The van der Waals surface area contributed by atoms with Crippen molar-refractivity contribution in [3.05, 3.63) is 29.3 Å². The number of fused-ring (bicyclic) bond motifs is 1. The van der Waals surface area contributed by atoms with E-state index in [1.165, 1.54) is 12.8 Å². The molecule has 8 nitrogen and oxygen atoms in total. The molecule has 172 valence electrons. The molecule has 3 atom stereocenters. The smallest absolute Gasteiger partial charge is 0.255 e. The van der Waals surface area contributed by atoms with Crippen molar-refractivity contribution in [2.24, 2.45) is 0 Å². The molecule has 1 aromatic rings. The third-order valence-electron chi connectivity index (χ3n) is 7.21. The molecule has 3 unspecified atom stereocenters. The first-order chi connectivity index (χ1) is 15.6. The van der Waals surface area contributed by atoms with Crippen molar-refractivity contribution < 1.29 is 23.9 Å². The van der Waals surface area contributed by atoms with E-state index >= 15 is 0 Å². The minimum absolute atomic E-state index is 0.122. The van der Waals surface area contributed by atoms with Gasteiger partial charge in [0, 0.05) is 37.7 Å². The number of rotatable bonds is 4. The van der Waals surface area contributed by atoms with E-state index in [-0.39, 0.29) is 30.2 Å². The summed E-state index contributed by atoms with van der Waals surface area (Å²) in [5, 5.41) is 2.35. The van der Waals surface area contributed by atoms with Gasteiger partial charge in [0.25, 0.3) is 5.91 Å². The fourth-order valence-corrected chi connectivity index (χ4v) is 5.52. The van der Waals surface area contributed by atoms with Crippen LogP contribution in [0.4, 0.5) is 0 Å². The van der Waals surface area contributed by atoms with Gasteiger partial charge >= 0.3 is 0 Å². The topological polar surface area (TPSA) is 88.2 Å². The van der Waals surface area contributed by atoms with Gasteiger partial charge in [-0.3, -0.25) is 24.6 Å². The molecule has 3 heterocycles. The van der Waals surface area contributed by atoms with Crippen LogP contribution in [-0.2, 0) is 20.9 Å². The van der Waals surface area contributed by atoms with Gasteiger partial charge in [-0.1, -0.05) is 12.8 Å². The van der Waals surface area contributed by atoms with Crippen molar-refractivity contribution in [2.45, 2.75) is 69.7 Å². The average Bonchev–Trinajstić information content (AvgIpc) is 2.95. The van der Waals surface area contributed by atoms with Crippen LogP contribution in [-0.4, -0.2) is 72.0 Å². The van der Waals surface area contributed by atoms with E-state index in [0.29, 0.717) is 24.6 Å². The lowest BCUT2D eigenvalue weighted by atomic mass is 10.0. The fraction of sp³-hybridized carbons (Fsp3) is 0.625. The van der Waals surface area contributed by atoms with Crippen LogP contribution >= 0.6 is 0 Å². The zero-order chi connectivity index (χ0) is 22.1. The Balaban J connectivity index is 1.31. The summed E-state index contributed by atoms with van der Waals surface area (Å²) in [4.78, 5) is 40.8. The van der Waals surface area contributed by atoms with Gasteiger partial charge in [0.15, 0.2) is 0 Å². The second kappa shape index (κ2) is 9.19.